The minimum absolute atomic E-state index is 0.154. The number of benzene rings is 1. The summed E-state index contributed by atoms with van der Waals surface area (Å²) in [5.41, 5.74) is 0.243. The molecule has 1 rings (SSSR count). The van der Waals surface area contributed by atoms with E-state index >= 15 is 0 Å². The van der Waals surface area contributed by atoms with Crippen LogP contribution in [0.3, 0.4) is 0 Å². The molecule has 0 saturated heterocycles. The lowest BCUT2D eigenvalue weighted by Gasteiger charge is -2.15. The quantitative estimate of drug-likeness (QED) is 0.585. The Labute approximate surface area is 118 Å². The zero-order chi connectivity index (χ0) is 15.1. The molecule has 0 spiro atoms. The highest BCUT2D eigenvalue weighted by Gasteiger charge is 2.22. The second-order valence-electron chi connectivity index (χ2n) is 4.49. The average molecular weight is 283 g/mol. The van der Waals surface area contributed by atoms with Crippen LogP contribution in [0.4, 0.5) is 5.69 Å². The first-order chi connectivity index (χ1) is 9.51. The van der Waals surface area contributed by atoms with E-state index in [4.69, 9.17) is 9.47 Å². The molecule has 0 aromatic heterocycles. The molecule has 0 aliphatic rings. The summed E-state index contributed by atoms with van der Waals surface area (Å²) < 4.78 is 10.9. The smallest absolute Gasteiger partial charge is 0.311 e. The number of nitrogens with zero attached hydrogens (tertiary/aromatic N) is 1. The van der Waals surface area contributed by atoms with Gasteiger partial charge >= 0.3 is 5.69 Å². The predicted molar refractivity (Wildman–Crippen MR) is 75.3 cm³/mol. The average Bonchev–Trinajstić information content (AvgIpc) is 2.41. The van der Waals surface area contributed by atoms with Crippen molar-refractivity contribution in [2.45, 2.75) is 39.7 Å². The van der Waals surface area contributed by atoms with E-state index in [-0.39, 0.29) is 11.4 Å². The van der Waals surface area contributed by atoms with Crippen LogP contribution >= 0.6 is 0 Å². The lowest BCUT2D eigenvalue weighted by Crippen LogP contribution is -2.05. The first kappa shape index (κ1) is 16.2. The van der Waals surface area contributed by atoms with E-state index < -0.39 is 11.0 Å². The number of rotatable bonds is 8. The summed E-state index contributed by atoms with van der Waals surface area (Å²) >= 11 is 0. The standard InChI is InChI=1S/C14H21NO5/c1-4-6-19-13-9-14(20-7-5-2)12(15(17)18)8-11(13)10(3)16/h8-10,16H,4-7H2,1-3H3. The fraction of sp³-hybridized carbons (Fsp3) is 0.571. The Kier molecular flexibility index (Phi) is 6.24. The molecule has 0 radical (unpaired) electrons. The zero-order valence-electron chi connectivity index (χ0n) is 12.1. The molecule has 0 aliphatic carbocycles. The molecule has 0 saturated carbocycles. The fourth-order valence-electron chi connectivity index (χ4n) is 1.70. The first-order valence-corrected chi connectivity index (χ1v) is 6.77. The highest BCUT2D eigenvalue weighted by Crippen LogP contribution is 2.37. The SMILES string of the molecule is CCCOc1cc(OCCC)c([N+](=O)[O-])cc1C(C)O. The van der Waals surface area contributed by atoms with Crippen molar-refractivity contribution in [1.29, 1.82) is 0 Å². The van der Waals surface area contributed by atoms with Crippen LogP contribution in [-0.4, -0.2) is 23.2 Å². The highest BCUT2D eigenvalue weighted by atomic mass is 16.6. The van der Waals surface area contributed by atoms with E-state index in [1.807, 2.05) is 13.8 Å². The largest absolute Gasteiger partial charge is 0.493 e. The minimum Gasteiger partial charge on any atom is -0.493 e. The van der Waals surface area contributed by atoms with Crippen LogP contribution in [0.15, 0.2) is 12.1 Å². The van der Waals surface area contributed by atoms with Gasteiger partial charge in [-0.05, 0) is 19.8 Å². The number of hydrogen-bond donors (Lipinski definition) is 1. The molecule has 6 heteroatoms. The summed E-state index contributed by atoms with van der Waals surface area (Å²) in [5, 5.41) is 20.8. The Morgan fingerprint density at radius 2 is 1.75 bits per heavy atom. The number of ether oxygens (including phenoxy) is 2. The van der Waals surface area contributed by atoms with Crippen molar-refractivity contribution in [3.63, 3.8) is 0 Å². The second-order valence-corrected chi connectivity index (χ2v) is 4.49. The van der Waals surface area contributed by atoms with E-state index in [2.05, 4.69) is 0 Å². The minimum atomic E-state index is -0.846. The van der Waals surface area contributed by atoms with Crippen molar-refractivity contribution in [3.05, 3.63) is 27.8 Å². The number of nitro benzene ring substituents is 1. The van der Waals surface area contributed by atoms with Crippen LogP contribution in [0.2, 0.25) is 0 Å². The molecule has 1 atom stereocenters. The van der Waals surface area contributed by atoms with Gasteiger partial charge in [0.25, 0.3) is 0 Å². The zero-order valence-corrected chi connectivity index (χ0v) is 12.1. The molecule has 1 aromatic carbocycles. The molecular formula is C14H21NO5. The van der Waals surface area contributed by atoms with Crippen molar-refractivity contribution in [2.75, 3.05) is 13.2 Å². The summed E-state index contributed by atoms with van der Waals surface area (Å²) in [4.78, 5) is 10.6. The Morgan fingerprint density at radius 3 is 2.20 bits per heavy atom. The number of aliphatic hydroxyl groups excluding tert-OH is 1. The first-order valence-electron chi connectivity index (χ1n) is 6.77. The summed E-state index contributed by atoms with van der Waals surface area (Å²) in [7, 11) is 0. The van der Waals surface area contributed by atoms with Crippen LogP contribution in [0.25, 0.3) is 0 Å². The van der Waals surface area contributed by atoms with Gasteiger partial charge in [0, 0.05) is 17.7 Å². The van der Waals surface area contributed by atoms with E-state index in [1.165, 1.54) is 12.1 Å². The molecule has 0 heterocycles. The molecule has 20 heavy (non-hydrogen) atoms. The maximum atomic E-state index is 11.1. The summed E-state index contributed by atoms with van der Waals surface area (Å²) in [6.45, 7) is 6.30. The van der Waals surface area contributed by atoms with Crippen molar-refractivity contribution in [3.8, 4) is 11.5 Å². The molecular weight excluding hydrogens is 262 g/mol. The summed E-state index contributed by atoms with van der Waals surface area (Å²) in [6, 6.07) is 2.81. The van der Waals surface area contributed by atoms with Gasteiger partial charge in [0.2, 0.25) is 5.75 Å². The van der Waals surface area contributed by atoms with Crippen molar-refractivity contribution in [1.82, 2.24) is 0 Å². The van der Waals surface area contributed by atoms with Gasteiger partial charge in [-0.1, -0.05) is 13.8 Å². The third kappa shape index (κ3) is 4.09. The van der Waals surface area contributed by atoms with Gasteiger partial charge in [0.1, 0.15) is 5.75 Å². The fourth-order valence-corrected chi connectivity index (χ4v) is 1.70. The summed E-state index contributed by atoms with van der Waals surface area (Å²) in [6.07, 6.45) is 0.711. The van der Waals surface area contributed by atoms with Crippen LogP contribution in [0.5, 0.6) is 11.5 Å². The van der Waals surface area contributed by atoms with E-state index in [1.54, 1.807) is 6.92 Å². The maximum Gasteiger partial charge on any atom is 0.311 e. The van der Waals surface area contributed by atoms with Gasteiger partial charge in [-0.25, -0.2) is 0 Å². The Bertz CT molecular complexity index is 459. The van der Waals surface area contributed by atoms with E-state index in [0.717, 1.165) is 12.8 Å². The third-order valence-electron chi connectivity index (χ3n) is 2.66. The van der Waals surface area contributed by atoms with E-state index in [0.29, 0.717) is 24.5 Å². The van der Waals surface area contributed by atoms with Crippen molar-refractivity contribution < 1.29 is 19.5 Å². The van der Waals surface area contributed by atoms with Gasteiger partial charge in [-0.2, -0.15) is 0 Å². The van der Waals surface area contributed by atoms with Gasteiger partial charge in [0.15, 0.2) is 0 Å². The summed E-state index contributed by atoms with van der Waals surface area (Å²) in [5.74, 6) is 0.603. The highest BCUT2D eigenvalue weighted by molar-refractivity contribution is 5.55. The molecule has 1 unspecified atom stereocenters. The topological polar surface area (TPSA) is 81.8 Å². The molecule has 0 fully saturated rings. The molecule has 1 aromatic rings. The van der Waals surface area contributed by atoms with Gasteiger partial charge in [-0.3, -0.25) is 10.1 Å². The number of aliphatic hydroxyl groups is 1. The molecule has 0 amide bonds. The van der Waals surface area contributed by atoms with Crippen LogP contribution in [-0.2, 0) is 0 Å². The molecule has 112 valence electrons. The third-order valence-corrected chi connectivity index (χ3v) is 2.66. The van der Waals surface area contributed by atoms with Gasteiger partial charge in [0.05, 0.1) is 24.2 Å². The Balaban J connectivity index is 3.23. The molecule has 6 nitrogen and oxygen atoms in total. The predicted octanol–water partition coefficient (Wildman–Crippen LogP) is 3.23. The van der Waals surface area contributed by atoms with Gasteiger partial charge in [-0.15, -0.1) is 0 Å². The molecule has 0 aliphatic heterocycles. The van der Waals surface area contributed by atoms with Crippen LogP contribution in [0.1, 0.15) is 45.3 Å². The van der Waals surface area contributed by atoms with Crippen LogP contribution in [0, 0.1) is 10.1 Å². The van der Waals surface area contributed by atoms with Crippen LogP contribution < -0.4 is 9.47 Å². The number of nitro groups is 1. The molecule has 0 bridgehead atoms. The molecule has 1 N–H and O–H groups in total. The van der Waals surface area contributed by atoms with E-state index in [9.17, 15) is 15.2 Å². The monoisotopic (exact) mass is 283 g/mol. The van der Waals surface area contributed by atoms with Gasteiger partial charge < -0.3 is 14.6 Å². The second kappa shape index (κ2) is 7.69. The Morgan fingerprint density at radius 1 is 1.20 bits per heavy atom. The lowest BCUT2D eigenvalue weighted by atomic mass is 10.1. The van der Waals surface area contributed by atoms with Crippen molar-refractivity contribution in [2.24, 2.45) is 0 Å². The normalized spacial score (nSPS) is 12.0. The van der Waals surface area contributed by atoms with Crippen molar-refractivity contribution >= 4 is 5.69 Å². The maximum absolute atomic E-state index is 11.1. The number of hydrogen-bond acceptors (Lipinski definition) is 5. The Hall–Kier alpha value is -1.82. The lowest BCUT2D eigenvalue weighted by molar-refractivity contribution is -0.386.